The molecule has 1 saturated heterocycles. The maximum Gasteiger partial charge on any atom is 0.220 e. The summed E-state index contributed by atoms with van der Waals surface area (Å²) in [7, 11) is 0. The smallest absolute Gasteiger partial charge is 0.220 e. The van der Waals surface area contributed by atoms with Crippen molar-refractivity contribution in [3.63, 3.8) is 0 Å². The van der Waals surface area contributed by atoms with Crippen LogP contribution < -0.4 is 11.1 Å². The molecule has 3 N–H and O–H groups in total. The van der Waals surface area contributed by atoms with Gasteiger partial charge in [0.05, 0.1) is 0 Å². The van der Waals surface area contributed by atoms with Crippen LogP contribution in [-0.2, 0) is 4.79 Å². The second-order valence-corrected chi connectivity index (χ2v) is 5.30. The Morgan fingerprint density at radius 1 is 1.50 bits per heavy atom. The number of nitrogens with zero attached hydrogens (tertiary/aromatic N) is 1. The molecule has 1 saturated carbocycles. The highest BCUT2D eigenvalue weighted by atomic mass is 16.1. The van der Waals surface area contributed by atoms with Crippen LogP contribution in [0.5, 0.6) is 0 Å². The molecule has 0 aromatic heterocycles. The van der Waals surface area contributed by atoms with E-state index in [-0.39, 0.29) is 11.9 Å². The van der Waals surface area contributed by atoms with Gasteiger partial charge in [0.2, 0.25) is 5.91 Å². The standard InChI is InChI=1S/C12H23N3O/c1-9(13)2-5-12(16)14-10-6-7-15(8-10)11-3-4-11/h9-11H,2-8,13H2,1H3,(H,14,16). The normalized spacial score (nSPS) is 28.0. The number of amides is 1. The molecule has 1 heterocycles. The summed E-state index contributed by atoms with van der Waals surface area (Å²) in [6.45, 7) is 4.15. The number of nitrogens with two attached hydrogens (primary N) is 1. The van der Waals surface area contributed by atoms with Gasteiger partial charge in [0.15, 0.2) is 0 Å². The predicted molar refractivity (Wildman–Crippen MR) is 64.0 cm³/mol. The SMILES string of the molecule is CC(N)CCC(=O)NC1CCN(C2CC2)C1. The van der Waals surface area contributed by atoms with E-state index >= 15 is 0 Å². The molecule has 1 amide bonds. The fourth-order valence-corrected chi connectivity index (χ4v) is 2.34. The van der Waals surface area contributed by atoms with Crippen molar-refractivity contribution >= 4 is 5.91 Å². The number of likely N-dealkylation sites (tertiary alicyclic amines) is 1. The van der Waals surface area contributed by atoms with E-state index < -0.39 is 0 Å². The summed E-state index contributed by atoms with van der Waals surface area (Å²) in [6, 6.07) is 1.32. The average Bonchev–Trinajstić information content (AvgIpc) is 2.98. The van der Waals surface area contributed by atoms with E-state index in [0.717, 1.165) is 32.0 Å². The van der Waals surface area contributed by atoms with Crippen molar-refractivity contribution < 1.29 is 4.79 Å². The Kier molecular flexibility index (Phi) is 3.82. The molecule has 16 heavy (non-hydrogen) atoms. The van der Waals surface area contributed by atoms with Crippen LogP contribution in [0.1, 0.15) is 39.0 Å². The van der Waals surface area contributed by atoms with Crippen molar-refractivity contribution in [1.29, 1.82) is 0 Å². The molecule has 4 nitrogen and oxygen atoms in total. The van der Waals surface area contributed by atoms with E-state index in [0.29, 0.717) is 12.5 Å². The molecule has 92 valence electrons. The largest absolute Gasteiger partial charge is 0.352 e. The molecule has 0 spiro atoms. The van der Waals surface area contributed by atoms with Crippen molar-refractivity contribution in [1.82, 2.24) is 10.2 Å². The summed E-state index contributed by atoms with van der Waals surface area (Å²) in [5.41, 5.74) is 5.63. The molecular weight excluding hydrogens is 202 g/mol. The first-order valence-corrected chi connectivity index (χ1v) is 6.44. The topological polar surface area (TPSA) is 58.4 Å². The van der Waals surface area contributed by atoms with Gasteiger partial charge < -0.3 is 11.1 Å². The third-order valence-corrected chi connectivity index (χ3v) is 3.47. The van der Waals surface area contributed by atoms with Gasteiger partial charge in [-0.05, 0) is 32.6 Å². The van der Waals surface area contributed by atoms with E-state index in [1.165, 1.54) is 12.8 Å². The summed E-state index contributed by atoms with van der Waals surface area (Å²) in [5.74, 6) is 0.167. The van der Waals surface area contributed by atoms with Crippen molar-refractivity contribution in [2.24, 2.45) is 5.73 Å². The Morgan fingerprint density at radius 2 is 2.25 bits per heavy atom. The number of carbonyl (C=O) groups is 1. The lowest BCUT2D eigenvalue weighted by Gasteiger charge is -2.16. The van der Waals surface area contributed by atoms with Crippen molar-refractivity contribution in [2.45, 2.75) is 57.2 Å². The van der Waals surface area contributed by atoms with E-state index in [4.69, 9.17) is 5.73 Å². The Hall–Kier alpha value is -0.610. The summed E-state index contributed by atoms with van der Waals surface area (Å²) in [5, 5.41) is 3.11. The minimum absolute atomic E-state index is 0.122. The Bertz CT molecular complexity index is 251. The first-order chi connectivity index (χ1) is 7.65. The highest BCUT2D eigenvalue weighted by molar-refractivity contribution is 5.76. The molecule has 0 bridgehead atoms. The summed E-state index contributed by atoms with van der Waals surface area (Å²) < 4.78 is 0. The summed E-state index contributed by atoms with van der Waals surface area (Å²) in [4.78, 5) is 14.1. The number of carbonyl (C=O) groups excluding carboxylic acids is 1. The van der Waals surface area contributed by atoms with Crippen LogP contribution in [0.25, 0.3) is 0 Å². The van der Waals surface area contributed by atoms with Crippen LogP contribution in [0.15, 0.2) is 0 Å². The molecule has 2 fully saturated rings. The lowest BCUT2D eigenvalue weighted by molar-refractivity contribution is -0.121. The molecule has 2 atom stereocenters. The molecule has 1 aliphatic heterocycles. The maximum absolute atomic E-state index is 11.6. The summed E-state index contributed by atoms with van der Waals surface area (Å²) >= 11 is 0. The number of nitrogens with one attached hydrogen (secondary N) is 1. The quantitative estimate of drug-likeness (QED) is 0.715. The van der Waals surface area contributed by atoms with E-state index in [1.54, 1.807) is 0 Å². The maximum atomic E-state index is 11.6. The Labute approximate surface area is 97.6 Å². The lowest BCUT2D eigenvalue weighted by atomic mass is 10.2. The fraction of sp³-hybridized carbons (Fsp3) is 0.917. The number of hydrogen-bond donors (Lipinski definition) is 2. The van der Waals surface area contributed by atoms with Gasteiger partial charge in [-0.15, -0.1) is 0 Å². The van der Waals surface area contributed by atoms with Crippen LogP contribution >= 0.6 is 0 Å². The van der Waals surface area contributed by atoms with Crippen LogP contribution in [0.4, 0.5) is 0 Å². The van der Waals surface area contributed by atoms with Crippen LogP contribution in [0.2, 0.25) is 0 Å². The van der Waals surface area contributed by atoms with Crippen LogP contribution in [0.3, 0.4) is 0 Å². The van der Waals surface area contributed by atoms with Crippen molar-refractivity contribution in [3.05, 3.63) is 0 Å². The first kappa shape index (κ1) is 11.9. The Morgan fingerprint density at radius 3 is 2.88 bits per heavy atom. The summed E-state index contributed by atoms with van der Waals surface area (Å²) in [6.07, 6.45) is 5.17. The number of hydrogen-bond acceptors (Lipinski definition) is 3. The lowest BCUT2D eigenvalue weighted by Crippen LogP contribution is -2.37. The molecule has 0 aromatic carbocycles. The molecule has 2 unspecified atom stereocenters. The second-order valence-electron chi connectivity index (χ2n) is 5.30. The molecule has 0 aromatic rings. The minimum Gasteiger partial charge on any atom is -0.352 e. The van der Waals surface area contributed by atoms with Crippen molar-refractivity contribution in [2.75, 3.05) is 13.1 Å². The molecular formula is C12H23N3O. The average molecular weight is 225 g/mol. The van der Waals surface area contributed by atoms with E-state index in [2.05, 4.69) is 10.2 Å². The molecule has 0 radical (unpaired) electrons. The zero-order valence-electron chi connectivity index (χ0n) is 10.1. The Balaban J connectivity index is 1.64. The zero-order chi connectivity index (χ0) is 11.5. The van der Waals surface area contributed by atoms with Crippen LogP contribution in [0, 0.1) is 0 Å². The van der Waals surface area contributed by atoms with Gasteiger partial charge in [0, 0.05) is 37.6 Å². The predicted octanol–water partition coefficient (Wildman–Crippen LogP) is 0.467. The molecule has 2 aliphatic rings. The monoisotopic (exact) mass is 225 g/mol. The van der Waals surface area contributed by atoms with Gasteiger partial charge in [-0.2, -0.15) is 0 Å². The second kappa shape index (κ2) is 5.15. The van der Waals surface area contributed by atoms with Gasteiger partial charge >= 0.3 is 0 Å². The highest BCUT2D eigenvalue weighted by Gasteiger charge is 2.34. The number of rotatable bonds is 5. The minimum atomic E-state index is 0.122. The van der Waals surface area contributed by atoms with Gasteiger partial charge in [-0.3, -0.25) is 9.69 Å². The van der Waals surface area contributed by atoms with Gasteiger partial charge in [0.25, 0.3) is 0 Å². The van der Waals surface area contributed by atoms with Gasteiger partial charge in [0.1, 0.15) is 0 Å². The molecule has 1 aliphatic carbocycles. The highest BCUT2D eigenvalue weighted by Crippen LogP contribution is 2.29. The van der Waals surface area contributed by atoms with Crippen LogP contribution in [-0.4, -0.2) is 42.0 Å². The first-order valence-electron chi connectivity index (χ1n) is 6.44. The zero-order valence-corrected chi connectivity index (χ0v) is 10.1. The third-order valence-electron chi connectivity index (χ3n) is 3.47. The van der Waals surface area contributed by atoms with Gasteiger partial charge in [-0.25, -0.2) is 0 Å². The third kappa shape index (κ3) is 3.46. The van der Waals surface area contributed by atoms with E-state index in [9.17, 15) is 4.79 Å². The van der Waals surface area contributed by atoms with Gasteiger partial charge in [-0.1, -0.05) is 0 Å². The fourth-order valence-electron chi connectivity index (χ4n) is 2.34. The molecule has 2 rings (SSSR count). The van der Waals surface area contributed by atoms with Crippen molar-refractivity contribution in [3.8, 4) is 0 Å². The van der Waals surface area contributed by atoms with E-state index in [1.807, 2.05) is 6.92 Å². The molecule has 4 heteroatoms.